The van der Waals surface area contributed by atoms with Crippen molar-refractivity contribution in [3.63, 3.8) is 0 Å². The molecule has 1 saturated carbocycles. The molecular formula is C23H21ClF3NO4. The number of alkyl halides is 3. The van der Waals surface area contributed by atoms with Crippen LogP contribution in [0.5, 0.6) is 5.75 Å². The van der Waals surface area contributed by atoms with Crippen molar-refractivity contribution in [1.29, 1.82) is 0 Å². The average Bonchev–Trinajstić information content (AvgIpc) is 2.98. The Morgan fingerprint density at radius 3 is 2.25 bits per heavy atom. The van der Waals surface area contributed by atoms with E-state index in [1.54, 1.807) is 25.3 Å². The van der Waals surface area contributed by atoms with E-state index in [9.17, 15) is 22.8 Å². The van der Waals surface area contributed by atoms with Crippen molar-refractivity contribution in [2.24, 2.45) is 0 Å². The van der Waals surface area contributed by atoms with Gasteiger partial charge in [0.2, 0.25) is 5.91 Å². The van der Waals surface area contributed by atoms with Crippen LogP contribution in [0.3, 0.4) is 0 Å². The molecule has 1 unspecified atom stereocenters. The third kappa shape index (κ3) is 4.34. The molecule has 2 fully saturated rings. The molecule has 5 nitrogen and oxygen atoms in total. The maximum absolute atomic E-state index is 13.4. The van der Waals surface area contributed by atoms with E-state index in [1.165, 1.54) is 24.3 Å². The fourth-order valence-corrected chi connectivity index (χ4v) is 4.76. The molecule has 1 atom stereocenters. The minimum atomic E-state index is -4.77. The zero-order valence-corrected chi connectivity index (χ0v) is 17.9. The van der Waals surface area contributed by atoms with Crippen LogP contribution in [0.4, 0.5) is 13.2 Å². The third-order valence-electron chi connectivity index (χ3n) is 6.21. The SMILES string of the molecule is COC1CCC2(CC1)NC(=O)C(c1cc(-c3ccc(OC(F)(F)F)cc3)ccc1Cl)C2=O. The summed E-state index contributed by atoms with van der Waals surface area (Å²) >= 11 is 6.37. The van der Waals surface area contributed by atoms with Crippen LogP contribution in [0.1, 0.15) is 37.2 Å². The lowest BCUT2D eigenvalue weighted by Gasteiger charge is -2.35. The first-order chi connectivity index (χ1) is 15.1. The fourth-order valence-electron chi connectivity index (χ4n) is 4.53. The molecule has 2 aliphatic rings. The number of carbonyl (C=O) groups excluding carboxylic acids is 2. The van der Waals surface area contributed by atoms with E-state index in [-0.39, 0.29) is 28.6 Å². The van der Waals surface area contributed by atoms with Crippen LogP contribution >= 0.6 is 11.6 Å². The van der Waals surface area contributed by atoms with E-state index in [4.69, 9.17) is 16.3 Å². The van der Waals surface area contributed by atoms with Gasteiger partial charge in [-0.3, -0.25) is 9.59 Å². The van der Waals surface area contributed by atoms with Crippen molar-refractivity contribution in [3.8, 4) is 16.9 Å². The zero-order valence-electron chi connectivity index (χ0n) is 17.2. The Kier molecular flexibility index (Phi) is 5.94. The molecule has 9 heteroatoms. The molecule has 1 saturated heterocycles. The Labute approximate surface area is 187 Å². The van der Waals surface area contributed by atoms with Crippen molar-refractivity contribution >= 4 is 23.3 Å². The number of halogens is 4. The summed E-state index contributed by atoms with van der Waals surface area (Å²) < 4.78 is 46.4. The lowest BCUT2D eigenvalue weighted by Crippen LogP contribution is -2.50. The Hall–Kier alpha value is -2.58. The van der Waals surface area contributed by atoms with Crippen LogP contribution in [0.25, 0.3) is 11.1 Å². The molecule has 32 heavy (non-hydrogen) atoms. The molecule has 1 spiro atoms. The van der Waals surface area contributed by atoms with Crippen molar-refractivity contribution in [3.05, 3.63) is 53.1 Å². The highest BCUT2D eigenvalue weighted by Crippen LogP contribution is 2.42. The summed E-state index contributed by atoms with van der Waals surface area (Å²) in [6.07, 6.45) is -2.34. The summed E-state index contributed by atoms with van der Waals surface area (Å²) in [5.74, 6) is -1.97. The van der Waals surface area contributed by atoms with E-state index in [0.29, 0.717) is 42.4 Å². The van der Waals surface area contributed by atoms with Gasteiger partial charge >= 0.3 is 6.36 Å². The van der Waals surface area contributed by atoms with Gasteiger partial charge < -0.3 is 14.8 Å². The summed E-state index contributed by atoms with van der Waals surface area (Å²) in [4.78, 5) is 26.2. The molecule has 2 aromatic rings. The van der Waals surface area contributed by atoms with Crippen LogP contribution in [0, 0.1) is 0 Å². The number of benzene rings is 2. The predicted molar refractivity (Wildman–Crippen MR) is 111 cm³/mol. The summed E-state index contributed by atoms with van der Waals surface area (Å²) in [6, 6.07) is 10.3. The summed E-state index contributed by atoms with van der Waals surface area (Å²) in [5, 5.41) is 3.18. The van der Waals surface area contributed by atoms with E-state index in [1.807, 2.05) is 0 Å². The van der Waals surface area contributed by atoms with Crippen molar-refractivity contribution in [2.45, 2.75) is 49.6 Å². The van der Waals surface area contributed by atoms with Crippen LogP contribution in [-0.4, -0.2) is 36.8 Å². The Bertz CT molecular complexity index is 1030. The lowest BCUT2D eigenvalue weighted by atomic mass is 9.76. The van der Waals surface area contributed by atoms with E-state index < -0.39 is 17.8 Å². The van der Waals surface area contributed by atoms with Crippen LogP contribution in [0.2, 0.25) is 5.02 Å². The van der Waals surface area contributed by atoms with Gasteiger partial charge in [0, 0.05) is 12.1 Å². The molecule has 1 heterocycles. The molecule has 170 valence electrons. The first-order valence-electron chi connectivity index (χ1n) is 10.2. The van der Waals surface area contributed by atoms with Gasteiger partial charge in [-0.15, -0.1) is 13.2 Å². The Morgan fingerprint density at radius 2 is 1.66 bits per heavy atom. The van der Waals surface area contributed by atoms with E-state index in [0.717, 1.165) is 0 Å². The van der Waals surface area contributed by atoms with Gasteiger partial charge in [0.05, 0.1) is 11.6 Å². The van der Waals surface area contributed by atoms with Crippen molar-refractivity contribution in [1.82, 2.24) is 5.32 Å². The number of amides is 1. The van der Waals surface area contributed by atoms with Crippen LogP contribution in [0.15, 0.2) is 42.5 Å². The zero-order chi connectivity index (χ0) is 23.1. The number of hydrogen-bond donors (Lipinski definition) is 1. The fraction of sp³-hybridized carbons (Fsp3) is 0.391. The lowest BCUT2D eigenvalue weighted by molar-refractivity contribution is -0.274. The number of ketones is 1. The van der Waals surface area contributed by atoms with Gasteiger partial charge in [-0.2, -0.15) is 0 Å². The number of ether oxygens (including phenoxy) is 2. The van der Waals surface area contributed by atoms with Crippen molar-refractivity contribution in [2.75, 3.05) is 7.11 Å². The molecule has 0 bridgehead atoms. The first kappa shape index (κ1) is 22.6. The standard InChI is InChI=1S/C23H21ClF3NO4/c1-31-15-8-10-22(11-9-15)20(29)19(21(30)28-22)17-12-14(4-7-18(17)24)13-2-5-16(6-3-13)32-23(25,26)27/h2-7,12,15,19H,8-11H2,1H3,(H,28,30). The first-order valence-corrected chi connectivity index (χ1v) is 10.5. The van der Waals surface area contributed by atoms with Crippen molar-refractivity contribution < 1.29 is 32.2 Å². The monoisotopic (exact) mass is 467 g/mol. The molecule has 0 radical (unpaired) electrons. The minimum Gasteiger partial charge on any atom is -0.406 e. The molecule has 2 aromatic carbocycles. The molecule has 1 amide bonds. The largest absolute Gasteiger partial charge is 0.573 e. The molecule has 1 aliphatic carbocycles. The predicted octanol–water partition coefficient (Wildman–Crippen LogP) is 5.02. The Balaban J connectivity index is 1.61. The molecule has 1 aliphatic heterocycles. The third-order valence-corrected chi connectivity index (χ3v) is 6.55. The van der Waals surface area contributed by atoms with Crippen LogP contribution in [-0.2, 0) is 14.3 Å². The molecular weight excluding hydrogens is 447 g/mol. The number of nitrogens with one attached hydrogen (secondary N) is 1. The second-order valence-corrected chi connectivity index (χ2v) is 8.52. The van der Waals surface area contributed by atoms with Crippen LogP contribution < -0.4 is 10.1 Å². The maximum Gasteiger partial charge on any atom is 0.573 e. The highest BCUT2D eigenvalue weighted by molar-refractivity contribution is 6.33. The normalized spacial score (nSPS) is 25.8. The van der Waals surface area contributed by atoms with E-state index in [2.05, 4.69) is 10.1 Å². The van der Waals surface area contributed by atoms with Gasteiger partial charge in [-0.1, -0.05) is 29.8 Å². The maximum atomic E-state index is 13.4. The number of hydrogen-bond acceptors (Lipinski definition) is 4. The summed E-state index contributed by atoms with van der Waals surface area (Å²) in [5.41, 5.74) is 0.686. The van der Waals surface area contributed by atoms with Gasteiger partial charge in [0.15, 0.2) is 5.78 Å². The average molecular weight is 468 g/mol. The minimum absolute atomic E-state index is 0.0700. The topological polar surface area (TPSA) is 64.6 Å². The van der Waals surface area contributed by atoms with E-state index >= 15 is 0 Å². The number of methoxy groups -OCH3 is 1. The molecule has 0 aromatic heterocycles. The summed E-state index contributed by atoms with van der Waals surface area (Å²) in [6.45, 7) is 0. The smallest absolute Gasteiger partial charge is 0.406 e. The van der Waals surface area contributed by atoms with Gasteiger partial charge in [-0.05, 0) is 66.6 Å². The van der Waals surface area contributed by atoms with Gasteiger partial charge in [0.1, 0.15) is 11.7 Å². The summed E-state index contributed by atoms with van der Waals surface area (Å²) in [7, 11) is 1.63. The van der Waals surface area contributed by atoms with Gasteiger partial charge in [0.25, 0.3) is 0 Å². The highest BCUT2D eigenvalue weighted by atomic mass is 35.5. The second-order valence-electron chi connectivity index (χ2n) is 8.11. The highest BCUT2D eigenvalue weighted by Gasteiger charge is 2.54. The quantitative estimate of drug-likeness (QED) is 0.641. The number of carbonyl (C=O) groups is 2. The molecule has 4 rings (SSSR count). The molecule has 1 N–H and O–H groups in total. The van der Waals surface area contributed by atoms with Gasteiger partial charge in [-0.25, -0.2) is 0 Å². The number of rotatable bonds is 4. The second kappa shape index (κ2) is 8.41. The Morgan fingerprint density at radius 1 is 1.03 bits per heavy atom. The number of Topliss-reactive ketones (excluding diaryl/α,β-unsaturated/α-hetero) is 1.